The number of morpholine rings is 1. The van der Waals surface area contributed by atoms with Crippen molar-refractivity contribution in [3.63, 3.8) is 0 Å². The Labute approximate surface area is 131 Å². The highest BCUT2D eigenvalue weighted by Gasteiger charge is 2.25. The number of ether oxygens (including phenoxy) is 1. The number of aromatic nitrogens is 2. The van der Waals surface area contributed by atoms with Crippen LogP contribution in [0.25, 0.3) is 0 Å². The lowest BCUT2D eigenvalue weighted by molar-refractivity contribution is -0.0276. The van der Waals surface area contributed by atoms with Gasteiger partial charge < -0.3 is 9.84 Å². The van der Waals surface area contributed by atoms with Gasteiger partial charge in [-0.1, -0.05) is 30.3 Å². The summed E-state index contributed by atoms with van der Waals surface area (Å²) in [4.78, 5) is 2.40. The molecule has 0 saturated carbocycles. The number of nitrogens with zero attached hydrogens (tertiary/aromatic N) is 3. The predicted octanol–water partition coefficient (Wildman–Crippen LogP) is 1.71. The monoisotopic (exact) mass is 301 g/mol. The van der Waals surface area contributed by atoms with Crippen LogP contribution in [0.15, 0.2) is 48.8 Å². The van der Waals surface area contributed by atoms with Gasteiger partial charge in [-0.15, -0.1) is 0 Å². The van der Waals surface area contributed by atoms with E-state index in [1.54, 1.807) is 6.20 Å². The van der Waals surface area contributed by atoms with E-state index in [0.717, 1.165) is 31.8 Å². The van der Waals surface area contributed by atoms with Crippen molar-refractivity contribution in [2.24, 2.45) is 0 Å². The Morgan fingerprint density at radius 1 is 1.23 bits per heavy atom. The molecule has 0 bridgehead atoms. The van der Waals surface area contributed by atoms with E-state index >= 15 is 0 Å². The Morgan fingerprint density at radius 3 is 2.86 bits per heavy atom. The first-order valence-corrected chi connectivity index (χ1v) is 7.85. The van der Waals surface area contributed by atoms with Crippen molar-refractivity contribution in [2.45, 2.75) is 25.1 Å². The van der Waals surface area contributed by atoms with E-state index in [1.165, 1.54) is 0 Å². The Kier molecular flexibility index (Phi) is 5.21. The molecule has 1 aromatic heterocycles. The largest absolute Gasteiger partial charge is 0.388 e. The molecule has 2 unspecified atom stereocenters. The van der Waals surface area contributed by atoms with Crippen molar-refractivity contribution in [1.82, 2.24) is 14.7 Å². The number of hydrogen-bond acceptors (Lipinski definition) is 4. The Bertz CT molecular complexity index is 544. The average Bonchev–Trinajstić information content (AvgIpc) is 3.08. The fourth-order valence-electron chi connectivity index (χ4n) is 2.93. The summed E-state index contributed by atoms with van der Waals surface area (Å²) in [5.74, 6) is 0. The lowest BCUT2D eigenvalue weighted by Gasteiger charge is -2.36. The molecule has 1 N–H and O–H groups in total. The van der Waals surface area contributed by atoms with Crippen molar-refractivity contribution in [3.05, 3.63) is 54.4 Å². The van der Waals surface area contributed by atoms with Crippen molar-refractivity contribution in [1.29, 1.82) is 0 Å². The lowest BCUT2D eigenvalue weighted by atomic mass is 10.0. The summed E-state index contributed by atoms with van der Waals surface area (Å²) in [5.41, 5.74) is 0.972. The minimum absolute atomic E-state index is 0.250. The zero-order chi connectivity index (χ0) is 15.2. The summed E-state index contributed by atoms with van der Waals surface area (Å²) < 4.78 is 7.56. The molecule has 0 radical (unpaired) electrons. The number of aliphatic hydroxyl groups is 1. The molecular formula is C17H23N3O2. The quantitative estimate of drug-likeness (QED) is 0.882. The molecule has 0 aliphatic carbocycles. The number of benzene rings is 1. The third kappa shape index (κ3) is 3.94. The number of aliphatic hydroxyl groups excluding tert-OH is 1. The summed E-state index contributed by atoms with van der Waals surface area (Å²) in [6.07, 6.45) is 4.04. The molecule has 1 aliphatic rings. The third-order valence-electron chi connectivity index (χ3n) is 4.20. The molecule has 1 aliphatic heterocycles. The molecule has 118 valence electrons. The second kappa shape index (κ2) is 7.54. The van der Waals surface area contributed by atoms with Gasteiger partial charge in [-0.05, 0) is 18.1 Å². The maximum atomic E-state index is 10.4. The third-order valence-corrected chi connectivity index (χ3v) is 4.20. The van der Waals surface area contributed by atoms with Gasteiger partial charge in [0.25, 0.3) is 0 Å². The van der Waals surface area contributed by atoms with Gasteiger partial charge in [0.15, 0.2) is 0 Å². The smallest absolute Gasteiger partial charge is 0.0805 e. The van der Waals surface area contributed by atoms with Gasteiger partial charge in [-0.3, -0.25) is 9.58 Å². The normalized spacial score (nSPS) is 20.9. The van der Waals surface area contributed by atoms with Crippen LogP contribution in [-0.4, -0.2) is 52.1 Å². The molecule has 2 aromatic rings. The molecular weight excluding hydrogens is 278 g/mol. The van der Waals surface area contributed by atoms with Crippen molar-refractivity contribution < 1.29 is 9.84 Å². The van der Waals surface area contributed by atoms with Crippen molar-refractivity contribution in [2.75, 3.05) is 26.3 Å². The molecule has 0 spiro atoms. The van der Waals surface area contributed by atoms with Crippen LogP contribution in [-0.2, 0) is 11.3 Å². The van der Waals surface area contributed by atoms with Crippen LogP contribution in [0.4, 0.5) is 0 Å². The van der Waals surface area contributed by atoms with E-state index in [4.69, 9.17) is 4.74 Å². The highest BCUT2D eigenvalue weighted by molar-refractivity contribution is 5.17. The second-order valence-corrected chi connectivity index (χ2v) is 5.70. The molecule has 2 heterocycles. The fraction of sp³-hybridized carbons (Fsp3) is 0.471. The topological polar surface area (TPSA) is 50.5 Å². The second-order valence-electron chi connectivity index (χ2n) is 5.70. The molecule has 1 fully saturated rings. The van der Waals surface area contributed by atoms with Gasteiger partial charge in [0, 0.05) is 31.5 Å². The maximum Gasteiger partial charge on any atom is 0.0805 e. The summed E-state index contributed by atoms with van der Waals surface area (Å²) in [7, 11) is 0. The maximum absolute atomic E-state index is 10.4. The SMILES string of the molecule is OC(CC1COCCN1CCn1cccn1)c1ccccc1. The van der Waals surface area contributed by atoms with Crippen LogP contribution in [0.5, 0.6) is 0 Å². The zero-order valence-corrected chi connectivity index (χ0v) is 12.7. The van der Waals surface area contributed by atoms with Gasteiger partial charge >= 0.3 is 0 Å². The van der Waals surface area contributed by atoms with Crippen molar-refractivity contribution >= 4 is 0 Å². The molecule has 3 rings (SSSR count). The van der Waals surface area contributed by atoms with Crippen LogP contribution in [0.1, 0.15) is 18.1 Å². The first-order valence-electron chi connectivity index (χ1n) is 7.85. The predicted molar refractivity (Wildman–Crippen MR) is 84.4 cm³/mol. The highest BCUT2D eigenvalue weighted by Crippen LogP contribution is 2.22. The summed E-state index contributed by atoms with van der Waals surface area (Å²) in [6, 6.07) is 12.0. The first-order chi connectivity index (χ1) is 10.8. The molecule has 22 heavy (non-hydrogen) atoms. The van der Waals surface area contributed by atoms with Crippen LogP contribution >= 0.6 is 0 Å². The van der Waals surface area contributed by atoms with Crippen molar-refractivity contribution in [3.8, 4) is 0 Å². The molecule has 5 nitrogen and oxygen atoms in total. The minimum atomic E-state index is -0.444. The van der Waals surface area contributed by atoms with Crippen LogP contribution in [0, 0.1) is 0 Å². The van der Waals surface area contributed by atoms with Gasteiger partial charge in [-0.25, -0.2) is 0 Å². The molecule has 0 amide bonds. The number of rotatable bonds is 6. The first kappa shape index (κ1) is 15.2. The summed E-state index contributed by atoms with van der Waals surface area (Å²) >= 11 is 0. The fourth-order valence-corrected chi connectivity index (χ4v) is 2.93. The minimum Gasteiger partial charge on any atom is -0.388 e. The average molecular weight is 301 g/mol. The Hall–Kier alpha value is -1.69. The van der Waals surface area contributed by atoms with E-state index in [2.05, 4.69) is 10.00 Å². The van der Waals surface area contributed by atoms with E-state index < -0.39 is 6.10 Å². The molecule has 1 saturated heterocycles. The van der Waals surface area contributed by atoms with Crippen LogP contribution in [0.3, 0.4) is 0 Å². The Morgan fingerprint density at radius 2 is 2.09 bits per heavy atom. The Balaban J connectivity index is 1.57. The van der Waals surface area contributed by atoms with E-state index in [9.17, 15) is 5.11 Å². The van der Waals surface area contributed by atoms with E-state index in [0.29, 0.717) is 13.0 Å². The highest BCUT2D eigenvalue weighted by atomic mass is 16.5. The number of hydrogen-bond donors (Lipinski definition) is 1. The molecule has 2 atom stereocenters. The molecule has 1 aromatic carbocycles. The van der Waals surface area contributed by atoms with Gasteiger partial charge in [0.1, 0.15) is 0 Å². The van der Waals surface area contributed by atoms with Gasteiger partial charge in [0.2, 0.25) is 0 Å². The van der Waals surface area contributed by atoms with Gasteiger partial charge in [-0.2, -0.15) is 5.10 Å². The standard InChI is InChI=1S/C17H23N3O2/c21-17(15-5-2-1-3-6-15)13-16-14-22-12-11-19(16)9-10-20-8-4-7-18-20/h1-8,16-17,21H,9-14H2. The lowest BCUT2D eigenvalue weighted by Crippen LogP contribution is -2.47. The molecule has 5 heteroatoms. The van der Waals surface area contributed by atoms with E-state index in [1.807, 2.05) is 47.3 Å². The van der Waals surface area contributed by atoms with Gasteiger partial charge in [0.05, 0.1) is 25.9 Å². The van der Waals surface area contributed by atoms with Crippen LogP contribution < -0.4 is 0 Å². The summed E-state index contributed by atoms with van der Waals surface area (Å²) in [6.45, 7) is 4.15. The zero-order valence-electron chi connectivity index (χ0n) is 12.7. The summed E-state index contributed by atoms with van der Waals surface area (Å²) in [5, 5.41) is 14.7. The van der Waals surface area contributed by atoms with E-state index in [-0.39, 0.29) is 6.04 Å². The van der Waals surface area contributed by atoms with Crippen LogP contribution in [0.2, 0.25) is 0 Å².